The number of nitro groups is 1. The fraction of sp³-hybridized carbons (Fsp3) is 0.0667. The van der Waals surface area contributed by atoms with Gasteiger partial charge in [-0.3, -0.25) is 20.3 Å². The molecule has 0 aromatic heterocycles. The Bertz CT molecular complexity index is 649. The van der Waals surface area contributed by atoms with Crippen LogP contribution in [0.25, 0.3) is 0 Å². The van der Waals surface area contributed by atoms with Gasteiger partial charge >= 0.3 is 0 Å². The summed E-state index contributed by atoms with van der Waals surface area (Å²) in [6, 6.07) is 14.5. The predicted octanol–water partition coefficient (Wildman–Crippen LogP) is 2.77. The van der Waals surface area contributed by atoms with Crippen molar-refractivity contribution in [1.29, 1.82) is 5.41 Å². The van der Waals surface area contributed by atoms with E-state index < -0.39 is 4.92 Å². The van der Waals surface area contributed by atoms with E-state index in [1.807, 2.05) is 6.07 Å². The van der Waals surface area contributed by atoms with E-state index in [4.69, 9.17) is 5.41 Å². The highest BCUT2D eigenvalue weighted by molar-refractivity contribution is 6.45. The largest absolute Gasteiger partial charge is 0.297 e. The summed E-state index contributed by atoms with van der Waals surface area (Å²) in [5.41, 5.74) is 1.16. The maximum absolute atomic E-state index is 12.0. The van der Waals surface area contributed by atoms with E-state index in [1.165, 1.54) is 24.3 Å². The number of Topliss-reactive ketones (excluding diaryl/α,β-unsaturated/α-hetero) is 1. The summed E-state index contributed by atoms with van der Waals surface area (Å²) in [5.74, 6) is -0.315. The molecule has 0 unspecified atom stereocenters. The number of hydrogen-bond acceptors (Lipinski definition) is 4. The molecule has 0 saturated carbocycles. The highest BCUT2D eigenvalue weighted by Gasteiger charge is 2.13. The Hall–Kier alpha value is -2.82. The Kier molecular flexibility index (Phi) is 4.00. The number of nitro benzene ring substituents is 1. The zero-order chi connectivity index (χ0) is 14.5. The number of nitrogens with one attached hydrogen (secondary N) is 1. The molecule has 0 atom stereocenters. The molecule has 0 spiro atoms. The molecule has 0 heterocycles. The van der Waals surface area contributed by atoms with Crippen LogP contribution in [0.1, 0.15) is 11.1 Å². The number of carbonyl (C=O) groups is 1. The highest BCUT2D eigenvalue weighted by Crippen LogP contribution is 2.13. The molecule has 2 rings (SSSR count). The summed E-state index contributed by atoms with van der Waals surface area (Å²) < 4.78 is 0. The van der Waals surface area contributed by atoms with E-state index in [1.54, 1.807) is 24.3 Å². The molecule has 0 amide bonds. The first kappa shape index (κ1) is 13.6. The molecule has 5 nitrogen and oxygen atoms in total. The third-order valence-electron chi connectivity index (χ3n) is 2.85. The Balaban J connectivity index is 2.08. The molecule has 0 aliphatic carbocycles. The number of non-ortho nitro benzene ring substituents is 1. The second kappa shape index (κ2) is 5.88. The van der Waals surface area contributed by atoms with Crippen molar-refractivity contribution in [3.05, 3.63) is 75.8 Å². The molecule has 100 valence electrons. The van der Waals surface area contributed by atoms with E-state index in [-0.39, 0.29) is 23.6 Å². The Labute approximate surface area is 115 Å². The lowest BCUT2D eigenvalue weighted by Gasteiger charge is -2.03. The fourth-order valence-corrected chi connectivity index (χ4v) is 1.78. The number of hydrogen-bond donors (Lipinski definition) is 1. The number of rotatable bonds is 5. The van der Waals surface area contributed by atoms with Gasteiger partial charge in [0.1, 0.15) is 5.71 Å². The fourth-order valence-electron chi connectivity index (χ4n) is 1.78. The number of nitrogens with zero attached hydrogens (tertiary/aromatic N) is 1. The van der Waals surface area contributed by atoms with Crippen LogP contribution in [-0.2, 0) is 11.2 Å². The molecule has 0 saturated heterocycles. The topological polar surface area (TPSA) is 84.1 Å². The van der Waals surface area contributed by atoms with Crippen LogP contribution in [0.3, 0.4) is 0 Å². The number of ketones is 1. The molecule has 20 heavy (non-hydrogen) atoms. The van der Waals surface area contributed by atoms with Crippen molar-refractivity contribution in [2.75, 3.05) is 0 Å². The molecule has 5 heteroatoms. The van der Waals surface area contributed by atoms with E-state index in [9.17, 15) is 14.9 Å². The first-order chi connectivity index (χ1) is 9.58. The molecule has 0 aliphatic rings. The number of carbonyl (C=O) groups excluding carboxylic acids is 1. The monoisotopic (exact) mass is 268 g/mol. The average molecular weight is 268 g/mol. The maximum atomic E-state index is 12.0. The molecule has 0 radical (unpaired) electrons. The van der Waals surface area contributed by atoms with Crippen LogP contribution in [-0.4, -0.2) is 16.4 Å². The average Bonchev–Trinajstić information content (AvgIpc) is 2.48. The minimum Gasteiger partial charge on any atom is -0.297 e. The maximum Gasteiger partial charge on any atom is 0.269 e. The Morgan fingerprint density at radius 3 is 2.20 bits per heavy atom. The Morgan fingerprint density at radius 2 is 1.65 bits per heavy atom. The quantitative estimate of drug-likeness (QED) is 0.514. The van der Waals surface area contributed by atoms with Crippen LogP contribution < -0.4 is 0 Å². The predicted molar refractivity (Wildman–Crippen MR) is 75.1 cm³/mol. The zero-order valence-corrected chi connectivity index (χ0v) is 10.6. The van der Waals surface area contributed by atoms with Gasteiger partial charge in [-0.25, -0.2) is 0 Å². The van der Waals surface area contributed by atoms with Crippen molar-refractivity contribution in [1.82, 2.24) is 0 Å². The first-order valence-corrected chi connectivity index (χ1v) is 5.98. The lowest BCUT2D eigenvalue weighted by Crippen LogP contribution is -2.16. The zero-order valence-electron chi connectivity index (χ0n) is 10.6. The third-order valence-corrected chi connectivity index (χ3v) is 2.85. The van der Waals surface area contributed by atoms with Crippen LogP contribution in [0.15, 0.2) is 54.6 Å². The minimum atomic E-state index is -0.488. The van der Waals surface area contributed by atoms with Gasteiger partial charge < -0.3 is 0 Å². The van der Waals surface area contributed by atoms with E-state index in [0.717, 1.165) is 0 Å². The van der Waals surface area contributed by atoms with Crippen LogP contribution in [0.5, 0.6) is 0 Å². The lowest BCUT2D eigenvalue weighted by molar-refractivity contribution is -0.384. The lowest BCUT2D eigenvalue weighted by atomic mass is 10.0. The van der Waals surface area contributed by atoms with Gasteiger partial charge in [0.2, 0.25) is 0 Å². The van der Waals surface area contributed by atoms with Gasteiger partial charge in [0, 0.05) is 24.1 Å². The summed E-state index contributed by atoms with van der Waals surface area (Å²) in [4.78, 5) is 22.0. The summed E-state index contributed by atoms with van der Waals surface area (Å²) in [7, 11) is 0. The van der Waals surface area contributed by atoms with Gasteiger partial charge in [0.25, 0.3) is 5.69 Å². The summed E-state index contributed by atoms with van der Waals surface area (Å²) in [6.45, 7) is 0. The molecule has 0 fully saturated rings. The van der Waals surface area contributed by atoms with Gasteiger partial charge in [0.05, 0.1) is 4.92 Å². The summed E-state index contributed by atoms with van der Waals surface area (Å²) in [6.07, 6.45) is 0.0612. The second-order valence-corrected chi connectivity index (χ2v) is 4.26. The van der Waals surface area contributed by atoms with E-state index in [0.29, 0.717) is 11.1 Å². The smallest absolute Gasteiger partial charge is 0.269 e. The van der Waals surface area contributed by atoms with Crippen molar-refractivity contribution in [3.63, 3.8) is 0 Å². The van der Waals surface area contributed by atoms with Gasteiger partial charge in [0.15, 0.2) is 5.78 Å². The second-order valence-electron chi connectivity index (χ2n) is 4.26. The van der Waals surface area contributed by atoms with E-state index >= 15 is 0 Å². The minimum absolute atomic E-state index is 0.0145. The van der Waals surface area contributed by atoms with Gasteiger partial charge in [-0.1, -0.05) is 42.5 Å². The van der Waals surface area contributed by atoms with Crippen molar-refractivity contribution in [3.8, 4) is 0 Å². The molecular weight excluding hydrogens is 256 g/mol. The number of benzene rings is 2. The van der Waals surface area contributed by atoms with Crippen molar-refractivity contribution < 1.29 is 9.72 Å². The molecule has 2 aromatic carbocycles. The first-order valence-electron chi connectivity index (χ1n) is 5.98. The standard InChI is InChI=1S/C15H12N2O3/c16-15(12-4-2-1-3-5-12)14(18)10-11-6-8-13(9-7-11)17(19)20/h1-9,16H,10H2. The molecule has 1 N–H and O–H groups in total. The van der Waals surface area contributed by atoms with E-state index in [2.05, 4.69) is 0 Å². The molecule has 2 aromatic rings. The highest BCUT2D eigenvalue weighted by atomic mass is 16.6. The van der Waals surface area contributed by atoms with Gasteiger partial charge in [-0.2, -0.15) is 0 Å². The van der Waals surface area contributed by atoms with Crippen molar-refractivity contribution in [2.45, 2.75) is 6.42 Å². The van der Waals surface area contributed by atoms with Crippen molar-refractivity contribution in [2.24, 2.45) is 0 Å². The molecular formula is C15H12N2O3. The van der Waals surface area contributed by atoms with Gasteiger partial charge in [-0.05, 0) is 5.56 Å². The Morgan fingerprint density at radius 1 is 1.05 bits per heavy atom. The molecule has 0 aliphatic heterocycles. The van der Waals surface area contributed by atoms with Gasteiger partial charge in [-0.15, -0.1) is 0 Å². The summed E-state index contributed by atoms with van der Waals surface area (Å²) >= 11 is 0. The van der Waals surface area contributed by atoms with Crippen molar-refractivity contribution >= 4 is 17.2 Å². The normalized spacial score (nSPS) is 10.0. The summed E-state index contributed by atoms with van der Waals surface area (Å²) in [5, 5.41) is 18.4. The van der Waals surface area contributed by atoms with Crippen LogP contribution >= 0.6 is 0 Å². The van der Waals surface area contributed by atoms with Crippen LogP contribution in [0.2, 0.25) is 0 Å². The van der Waals surface area contributed by atoms with Crippen LogP contribution in [0, 0.1) is 15.5 Å². The third kappa shape index (κ3) is 3.14. The van der Waals surface area contributed by atoms with Crippen LogP contribution in [0.4, 0.5) is 5.69 Å². The SMILES string of the molecule is N=C(C(=O)Cc1ccc([N+](=O)[O-])cc1)c1ccccc1. The molecule has 0 bridgehead atoms.